The summed E-state index contributed by atoms with van der Waals surface area (Å²) in [4.78, 5) is 43.1. The van der Waals surface area contributed by atoms with E-state index in [4.69, 9.17) is 4.74 Å². The van der Waals surface area contributed by atoms with Crippen LogP contribution in [0, 0.1) is 0 Å². The molecule has 1 fully saturated rings. The van der Waals surface area contributed by atoms with Crippen molar-refractivity contribution in [2.75, 3.05) is 37.6 Å². The van der Waals surface area contributed by atoms with E-state index in [1.807, 2.05) is 56.0 Å². The number of hydrogen-bond donors (Lipinski definition) is 2. The van der Waals surface area contributed by atoms with Gasteiger partial charge in [-0.05, 0) is 44.9 Å². The minimum absolute atomic E-state index is 0.0913. The monoisotopic (exact) mass is 472 g/mol. The molecule has 0 unspecified atom stereocenters. The molecule has 0 saturated carbocycles. The summed E-state index contributed by atoms with van der Waals surface area (Å²) in [7, 11) is 0. The van der Waals surface area contributed by atoms with E-state index in [9.17, 15) is 14.4 Å². The lowest BCUT2D eigenvalue weighted by Crippen LogP contribution is -2.49. The first-order valence-corrected chi connectivity index (χ1v) is 11.9. The second-order valence-electron chi connectivity index (χ2n) is 8.95. The molecule has 1 aliphatic heterocycles. The van der Waals surface area contributed by atoms with Crippen LogP contribution in [-0.4, -0.2) is 60.2 Å². The summed E-state index contributed by atoms with van der Waals surface area (Å²) < 4.78 is 6.46. The van der Waals surface area contributed by atoms with Gasteiger partial charge in [0.15, 0.2) is 0 Å². The maximum atomic E-state index is 12.6. The maximum Gasteiger partial charge on any atom is 0.407 e. The van der Waals surface area contributed by atoms with Gasteiger partial charge < -0.3 is 24.8 Å². The van der Waals surface area contributed by atoms with E-state index in [0.717, 1.165) is 11.3 Å². The minimum atomic E-state index is -0.536. The van der Waals surface area contributed by atoms with Crippen LogP contribution in [0.3, 0.4) is 0 Å². The topological polar surface area (TPSA) is 94.7 Å². The number of nitrogens with one attached hydrogen (secondary N) is 2. The van der Waals surface area contributed by atoms with Gasteiger partial charge in [0, 0.05) is 44.8 Å². The lowest BCUT2D eigenvalue weighted by Gasteiger charge is -2.37. The molecule has 1 aromatic heterocycles. The molecule has 1 aromatic carbocycles. The number of nitrogens with zero attached hydrogens (tertiary/aromatic N) is 2. The smallest absolute Gasteiger partial charge is 0.407 e. The zero-order chi connectivity index (χ0) is 24.0. The summed E-state index contributed by atoms with van der Waals surface area (Å²) in [5.41, 5.74) is 1.35. The second-order valence-corrected chi connectivity index (χ2v) is 10.1. The van der Waals surface area contributed by atoms with Crippen molar-refractivity contribution in [2.45, 2.75) is 39.2 Å². The van der Waals surface area contributed by atoms with Gasteiger partial charge >= 0.3 is 6.09 Å². The Morgan fingerprint density at radius 1 is 1.21 bits per heavy atom. The quantitative estimate of drug-likeness (QED) is 0.624. The number of ether oxygens (including phenoxy) is 1. The fourth-order valence-corrected chi connectivity index (χ4v) is 4.36. The van der Waals surface area contributed by atoms with Gasteiger partial charge in [-0.1, -0.05) is 24.8 Å². The molecule has 2 heterocycles. The maximum absolute atomic E-state index is 12.6. The van der Waals surface area contributed by atoms with Crippen LogP contribution >= 0.6 is 11.3 Å². The van der Waals surface area contributed by atoms with Gasteiger partial charge in [0.2, 0.25) is 5.91 Å². The van der Waals surface area contributed by atoms with Crippen LogP contribution in [0.2, 0.25) is 0 Å². The van der Waals surface area contributed by atoms with E-state index >= 15 is 0 Å². The van der Waals surface area contributed by atoms with Crippen LogP contribution in [0.25, 0.3) is 12.7 Å². The van der Waals surface area contributed by atoms with E-state index in [1.165, 1.54) is 11.3 Å². The van der Waals surface area contributed by atoms with Crippen LogP contribution in [0.4, 0.5) is 10.5 Å². The number of alkyl carbamates (subject to hydrolysis) is 1. The van der Waals surface area contributed by atoms with Crippen molar-refractivity contribution < 1.29 is 14.3 Å². The highest BCUT2D eigenvalue weighted by Gasteiger charge is 2.22. The molecule has 0 bridgehead atoms. The van der Waals surface area contributed by atoms with Gasteiger partial charge in [-0.2, -0.15) is 0 Å². The molecule has 0 aliphatic carbocycles. The van der Waals surface area contributed by atoms with Crippen LogP contribution in [0.15, 0.2) is 29.1 Å². The Morgan fingerprint density at radius 2 is 1.91 bits per heavy atom. The normalized spacial score (nSPS) is 14.9. The number of amides is 2. The summed E-state index contributed by atoms with van der Waals surface area (Å²) in [6.45, 7) is 12.3. The Kier molecular flexibility index (Phi) is 7.97. The first-order chi connectivity index (χ1) is 15.6. The minimum Gasteiger partial charge on any atom is -0.444 e. The molecule has 2 N–H and O–H groups in total. The third-order valence-electron chi connectivity index (χ3n) is 5.14. The van der Waals surface area contributed by atoms with Crippen LogP contribution in [0.5, 0.6) is 0 Å². The highest BCUT2D eigenvalue weighted by molar-refractivity contribution is 7.07. The first kappa shape index (κ1) is 24.6. The predicted molar refractivity (Wildman–Crippen MR) is 132 cm³/mol. The Balaban J connectivity index is 1.51. The van der Waals surface area contributed by atoms with Gasteiger partial charge in [0.05, 0.1) is 9.20 Å². The number of carbonyl (C=O) groups excluding carboxylic acids is 2. The zero-order valence-electron chi connectivity index (χ0n) is 19.5. The largest absolute Gasteiger partial charge is 0.444 e. The van der Waals surface area contributed by atoms with Crippen molar-refractivity contribution >= 4 is 41.7 Å². The Bertz CT molecular complexity index is 1140. The van der Waals surface area contributed by atoms with Gasteiger partial charge in [-0.3, -0.25) is 9.59 Å². The highest BCUT2D eigenvalue weighted by atomic mass is 32.1. The van der Waals surface area contributed by atoms with Crippen LogP contribution < -0.4 is 25.0 Å². The Hall–Kier alpha value is -3.07. The van der Waals surface area contributed by atoms with Crippen molar-refractivity contribution in [1.29, 1.82) is 0 Å². The van der Waals surface area contributed by atoms with E-state index < -0.39 is 11.7 Å². The number of aromatic nitrogens is 1. The average Bonchev–Trinajstić information content (AvgIpc) is 3.07. The van der Waals surface area contributed by atoms with Crippen LogP contribution in [-0.2, 0) is 9.53 Å². The second kappa shape index (κ2) is 10.7. The molecule has 2 amide bonds. The Labute approximate surface area is 197 Å². The van der Waals surface area contributed by atoms with Crippen molar-refractivity contribution in [3.63, 3.8) is 0 Å². The summed E-state index contributed by atoms with van der Waals surface area (Å²) in [5, 5.41) is 2.69. The van der Waals surface area contributed by atoms with Crippen LogP contribution in [0.1, 0.15) is 39.2 Å². The van der Waals surface area contributed by atoms with Crippen molar-refractivity contribution in [3.05, 3.63) is 49.4 Å². The molecule has 33 heavy (non-hydrogen) atoms. The zero-order valence-corrected chi connectivity index (χ0v) is 20.3. The molecular formula is C24H32N4O4S. The summed E-state index contributed by atoms with van der Waals surface area (Å²) in [5.74, 6) is 0.0913. The molecule has 0 radical (unpaired) electrons. The predicted octanol–water partition coefficient (Wildman–Crippen LogP) is 1.63. The van der Waals surface area contributed by atoms with E-state index in [-0.39, 0.29) is 11.5 Å². The van der Waals surface area contributed by atoms with E-state index in [0.29, 0.717) is 54.8 Å². The number of H-pyrrole nitrogens is 1. The third kappa shape index (κ3) is 7.21. The molecule has 0 spiro atoms. The van der Waals surface area contributed by atoms with E-state index in [2.05, 4.69) is 21.8 Å². The number of benzene rings is 1. The standard InChI is InChI=1S/C24H32N4O4S/c1-17-26-22(30)20(33-17)16-18-8-5-6-9-19(18)27-12-14-28(15-13-27)21(29)10-7-11-25-23(31)32-24(2,3)4/h5-6,8-9,16H,1,7,10-15H2,2-4H3,(H,25,31)(H,26,30)/b20-16-. The fraction of sp³-hybridized carbons (Fsp3) is 0.458. The first-order valence-electron chi connectivity index (χ1n) is 11.1. The number of thiazole rings is 1. The summed E-state index contributed by atoms with van der Waals surface area (Å²) in [6.07, 6.45) is 2.38. The van der Waals surface area contributed by atoms with Gasteiger partial charge in [0.1, 0.15) is 5.60 Å². The number of rotatable bonds is 6. The molecule has 178 valence electrons. The number of carbonyl (C=O) groups is 2. The third-order valence-corrected chi connectivity index (χ3v) is 6.01. The number of anilines is 1. The Morgan fingerprint density at radius 3 is 2.55 bits per heavy atom. The fourth-order valence-electron chi connectivity index (χ4n) is 3.63. The molecule has 2 aromatic rings. The molecule has 9 heteroatoms. The lowest BCUT2D eigenvalue weighted by molar-refractivity contribution is -0.131. The number of aromatic amines is 1. The van der Waals surface area contributed by atoms with Gasteiger partial charge in [-0.15, -0.1) is 11.3 Å². The number of piperazine rings is 1. The lowest BCUT2D eigenvalue weighted by atomic mass is 10.1. The highest BCUT2D eigenvalue weighted by Crippen LogP contribution is 2.22. The van der Waals surface area contributed by atoms with Crippen molar-refractivity contribution in [1.82, 2.24) is 15.2 Å². The van der Waals surface area contributed by atoms with Gasteiger partial charge in [0.25, 0.3) is 5.56 Å². The molecule has 8 nitrogen and oxygen atoms in total. The molecule has 0 atom stereocenters. The van der Waals surface area contributed by atoms with Crippen molar-refractivity contribution in [2.24, 2.45) is 0 Å². The molecule has 1 saturated heterocycles. The average molecular weight is 473 g/mol. The number of hydrogen-bond acceptors (Lipinski definition) is 6. The molecular weight excluding hydrogens is 440 g/mol. The van der Waals surface area contributed by atoms with E-state index in [1.54, 1.807) is 0 Å². The number of para-hydroxylation sites is 1. The summed E-state index contributed by atoms with van der Waals surface area (Å²) in [6, 6.07) is 7.96. The van der Waals surface area contributed by atoms with Crippen molar-refractivity contribution in [3.8, 4) is 0 Å². The van der Waals surface area contributed by atoms with Gasteiger partial charge in [-0.25, -0.2) is 4.79 Å². The summed E-state index contributed by atoms with van der Waals surface area (Å²) >= 11 is 1.34. The molecule has 1 aliphatic rings. The SMILES string of the molecule is C=c1[nH]c(=O)/c(=C/c2ccccc2N2CCN(C(=O)CCCNC(=O)OC(C)(C)C)CC2)s1. The molecule has 3 rings (SSSR count).